The van der Waals surface area contributed by atoms with Gasteiger partial charge in [-0.1, -0.05) is 43.3 Å². The lowest BCUT2D eigenvalue weighted by atomic mass is 10.0. The molecule has 0 bridgehead atoms. The molecule has 94 valence electrons. The molecule has 1 nitrogen and oxygen atoms in total. The lowest BCUT2D eigenvalue weighted by molar-refractivity contribution is 0.466. The molecule has 1 aromatic rings. The minimum atomic E-state index is 0.609. The van der Waals surface area contributed by atoms with Gasteiger partial charge in [0.2, 0.25) is 0 Å². The molecule has 0 aliphatic heterocycles. The van der Waals surface area contributed by atoms with Crippen LogP contribution in [-0.4, -0.2) is 12.6 Å². The van der Waals surface area contributed by atoms with Gasteiger partial charge in [0.05, 0.1) is 0 Å². The lowest BCUT2D eigenvalue weighted by Gasteiger charge is -2.18. The zero-order valence-electron chi connectivity index (χ0n) is 11.0. The average molecular weight is 231 g/mol. The standard InChI is InChI=1S/C16H25N/c1-3-5-7-12-16(17-13-4-2)14-15-10-8-6-9-11-15/h3,6,8-11,16-17H,1,4-5,7,12-14H2,2H3. The monoisotopic (exact) mass is 231 g/mol. The van der Waals surface area contributed by atoms with Crippen molar-refractivity contribution in [3.63, 3.8) is 0 Å². The number of allylic oxidation sites excluding steroid dienone is 1. The zero-order valence-corrected chi connectivity index (χ0v) is 11.0. The van der Waals surface area contributed by atoms with Crippen molar-refractivity contribution in [1.82, 2.24) is 5.32 Å². The Balaban J connectivity index is 2.41. The highest BCUT2D eigenvalue weighted by Gasteiger charge is 2.07. The van der Waals surface area contributed by atoms with E-state index >= 15 is 0 Å². The second kappa shape index (κ2) is 9.00. The third kappa shape index (κ3) is 6.28. The Morgan fingerprint density at radius 3 is 2.71 bits per heavy atom. The Morgan fingerprint density at radius 1 is 1.29 bits per heavy atom. The molecular formula is C16H25N. The maximum Gasteiger partial charge on any atom is 0.0108 e. The van der Waals surface area contributed by atoms with E-state index in [0.29, 0.717) is 6.04 Å². The molecule has 1 N–H and O–H groups in total. The summed E-state index contributed by atoms with van der Waals surface area (Å²) in [5.41, 5.74) is 1.43. The third-order valence-electron chi connectivity index (χ3n) is 2.97. The highest BCUT2D eigenvalue weighted by Crippen LogP contribution is 2.09. The molecule has 0 fully saturated rings. The molecule has 17 heavy (non-hydrogen) atoms. The summed E-state index contributed by atoms with van der Waals surface area (Å²) < 4.78 is 0. The first-order valence-corrected chi connectivity index (χ1v) is 6.75. The maximum atomic E-state index is 3.78. The van der Waals surface area contributed by atoms with Crippen LogP contribution in [0.1, 0.15) is 38.2 Å². The molecule has 0 aliphatic rings. The fourth-order valence-electron chi connectivity index (χ4n) is 2.03. The zero-order chi connectivity index (χ0) is 12.3. The molecule has 0 amide bonds. The lowest BCUT2D eigenvalue weighted by Crippen LogP contribution is -2.31. The van der Waals surface area contributed by atoms with E-state index in [1.54, 1.807) is 0 Å². The van der Waals surface area contributed by atoms with Gasteiger partial charge in [0, 0.05) is 6.04 Å². The van der Waals surface area contributed by atoms with Crippen LogP contribution in [-0.2, 0) is 6.42 Å². The molecule has 0 spiro atoms. The summed E-state index contributed by atoms with van der Waals surface area (Å²) in [4.78, 5) is 0. The molecule has 1 unspecified atom stereocenters. The van der Waals surface area contributed by atoms with E-state index in [9.17, 15) is 0 Å². The topological polar surface area (TPSA) is 12.0 Å². The van der Waals surface area contributed by atoms with Gasteiger partial charge in [-0.05, 0) is 44.2 Å². The number of benzene rings is 1. The Labute approximate surface area is 106 Å². The van der Waals surface area contributed by atoms with Crippen LogP contribution in [0, 0.1) is 0 Å². The quantitative estimate of drug-likeness (QED) is 0.501. The summed E-state index contributed by atoms with van der Waals surface area (Å²) in [6.07, 6.45) is 7.95. The fourth-order valence-corrected chi connectivity index (χ4v) is 2.03. The van der Waals surface area contributed by atoms with Crippen molar-refractivity contribution in [3.05, 3.63) is 48.6 Å². The van der Waals surface area contributed by atoms with Crippen LogP contribution in [0.5, 0.6) is 0 Å². The highest BCUT2D eigenvalue weighted by atomic mass is 14.9. The Bertz CT molecular complexity index is 292. The molecule has 0 aromatic heterocycles. The van der Waals surface area contributed by atoms with Gasteiger partial charge >= 0.3 is 0 Å². The number of unbranched alkanes of at least 4 members (excludes halogenated alkanes) is 1. The number of hydrogen-bond acceptors (Lipinski definition) is 1. The smallest absolute Gasteiger partial charge is 0.0108 e. The van der Waals surface area contributed by atoms with Crippen molar-refractivity contribution < 1.29 is 0 Å². The van der Waals surface area contributed by atoms with Crippen molar-refractivity contribution in [1.29, 1.82) is 0 Å². The van der Waals surface area contributed by atoms with Gasteiger partial charge in [0.15, 0.2) is 0 Å². The van der Waals surface area contributed by atoms with Crippen molar-refractivity contribution in [2.75, 3.05) is 6.54 Å². The van der Waals surface area contributed by atoms with Crippen LogP contribution in [0.15, 0.2) is 43.0 Å². The highest BCUT2D eigenvalue weighted by molar-refractivity contribution is 5.15. The van der Waals surface area contributed by atoms with E-state index in [2.05, 4.69) is 49.2 Å². The van der Waals surface area contributed by atoms with Crippen molar-refractivity contribution in [2.45, 2.75) is 45.1 Å². The van der Waals surface area contributed by atoms with Crippen LogP contribution in [0.4, 0.5) is 0 Å². The Kier molecular flexibility index (Phi) is 7.40. The van der Waals surface area contributed by atoms with E-state index in [0.717, 1.165) is 19.4 Å². The molecule has 1 aromatic carbocycles. The number of rotatable bonds is 9. The Hall–Kier alpha value is -1.08. The number of hydrogen-bond donors (Lipinski definition) is 1. The normalized spacial score (nSPS) is 12.3. The molecule has 0 heterocycles. The SMILES string of the molecule is C=CCCCC(Cc1ccccc1)NCCC. The first kappa shape index (κ1) is 14.0. The van der Waals surface area contributed by atoms with Crippen molar-refractivity contribution >= 4 is 0 Å². The van der Waals surface area contributed by atoms with E-state index in [1.165, 1.54) is 24.8 Å². The first-order chi connectivity index (χ1) is 8.36. The maximum absolute atomic E-state index is 3.78. The van der Waals surface area contributed by atoms with Crippen LogP contribution in [0.3, 0.4) is 0 Å². The van der Waals surface area contributed by atoms with Gasteiger partial charge < -0.3 is 5.32 Å². The summed E-state index contributed by atoms with van der Waals surface area (Å²) in [6.45, 7) is 7.12. The third-order valence-corrected chi connectivity index (χ3v) is 2.97. The molecule has 0 saturated carbocycles. The molecular weight excluding hydrogens is 206 g/mol. The first-order valence-electron chi connectivity index (χ1n) is 6.75. The molecule has 1 atom stereocenters. The largest absolute Gasteiger partial charge is 0.314 e. The number of nitrogens with one attached hydrogen (secondary N) is 1. The van der Waals surface area contributed by atoms with Gasteiger partial charge in [0.1, 0.15) is 0 Å². The van der Waals surface area contributed by atoms with Crippen LogP contribution in [0.2, 0.25) is 0 Å². The van der Waals surface area contributed by atoms with E-state index in [4.69, 9.17) is 0 Å². The molecule has 1 rings (SSSR count). The summed E-state index contributed by atoms with van der Waals surface area (Å²) in [6, 6.07) is 11.4. The van der Waals surface area contributed by atoms with Crippen molar-refractivity contribution in [2.24, 2.45) is 0 Å². The van der Waals surface area contributed by atoms with Crippen LogP contribution in [0.25, 0.3) is 0 Å². The predicted octanol–water partition coefficient (Wildman–Crippen LogP) is 3.95. The van der Waals surface area contributed by atoms with Crippen LogP contribution >= 0.6 is 0 Å². The van der Waals surface area contributed by atoms with Crippen molar-refractivity contribution in [3.8, 4) is 0 Å². The van der Waals surface area contributed by atoms with Gasteiger partial charge in [-0.15, -0.1) is 6.58 Å². The van der Waals surface area contributed by atoms with E-state index in [1.807, 2.05) is 6.08 Å². The van der Waals surface area contributed by atoms with Gasteiger partial charge in [-0.3, -0.25) is 0 Å². The fraction of sp³-hybridized carbons (Fsp3) is 0.500. The van der Waals surface area contributed by atoms with Gasteiger partial charge in [0.25, 0.3) is 0 Å². The Morgan fingerprint density at radius 2 is 2.06 bits per heavy atom. The summed E-state index contributed by atoms with van der Waals surface area (Å²) in [5, 5.41) is 3.64. The molecule has 1 heteroatoms. The minimum absolute atomic E-state index is 0.609. The average Bonchev–Trinajstić information content (AvgIpc) is 2.37. The van der Waals surface area contributed by atoms with E-state index in [-0.39, 0.29) is 0 Å². The summed E-state index contributed by atoms with van der Waals surface area (Å²) in [5.74, 6) is 0. The second-order valence-electron chi connectivity index (χ2n) is 4.56. The summed E-state index contributed by atoms with van der Waals surface area (Å²) in [7, 11) is 0. The molecule has 0 aliphatic carbocycles. The molecule has 0 saturated heterocycles. The van der Waals surface area contributed by atoms with Gasteiger partial charge in [-0.25, -0.2) is 0 Å². The minimum Gasteiger partial charge on any atom is -0.314 e. The summed E-state index contributed by atoms with van der Waals surface area (Å²) >= 11 is 0. The van der Waals surface area contributed by atoms with E-state index < -0.39 is 0 Å². The molecule has 0 radical (unpaired) electrons. The van der Waals surface area contributed by atoms with Gasteiger partial charge in [-0.2, -0.15) is 0 Å². The second-order valence-corrected chi connectivity index (χ2v) is 4.56. The predicted molar refractivity (Wildman–Crippen MR) is 76.3 cm³/mol. The van der Waals surface area contributed by atoms with Crippen LogP contribution < -0.4 is 5.32 Å².